The van der Waals surface area contributed by atoms with Gasteiger partial charge in [-0.25, -0.2) is 13.2 Å². The minimum atomic E-state index is -3.91. The monoisotopic (exact) mass is 522 g/mol. The first-order valence-electron chi connectivity index (χ1n) is 11.6. The third-order valence-corrected chi connectivity index (χ3v) is 8.61. The van der Waals surface area contributed by atoms with Gasteiger partial charge < -0.3 is 19.9 Å². The molecule has 1 aliphatic heterocycles. The molecule has 10 heteroatoms. The second kappa shape index (κ2) is 12.6. The number of ether oxygens (including phenoxy) is 2. The lowest BCUT2D eigenvalue weighted by Gasteiger charge is -2.31. The Labute approximate surface area is 212 Å². The number of rotatable bonds is 11. The summed E-state index contributed by atoms with van der Waals surface area (Å²) in [5, 5.41) is 14.0. The van der Waals surface area contributed by atoms with Gasteiger partial charge in [-0.05, 0) is 47.9 Å². The fourth-order valence-electron chi connectivity index (χ4n) is 3.87. The molecule has 2 aromatic carbocycles. The minimum Gasteiger partial charge on any atom is -0.497 e. The molecule has 2 N–H and O–H groups in total. The molecule has 0 bridgehead atoms. The van der Waals surface area contributed by atoms with Crippen molar-refractivity contribution in [1.82, 2.24) is 9.62 Å². The van der Waals surface area contributed by atoms with Crippen LogP contribution < -0.4 is 10.1 Å². The molecule has 1 heterocycles. The fourth-order valence-corrected chi connectivity index (χ4v) is 6.58. The zero-order valence-corrected chi connectivity index (χ0v) is 21.9. The largest absolute Gasteiger partial charge is 0.497 e. The Bertz CT molecular complexity index is 1040. The van der Waals surface area contributed by atoms with E-state index in [9.17, 15) is 18.3 Å². The molecule has 1 fully saturated rings. The lowest BCUT2D eigenvalue weighted by Crippen LogP contribution is -2.46. The molecule has 2 aromatic rings. The van der Waals surface area contributed by atoms with Gasteiger partial charge in [0.25, 0.3) is 0 Å². The van der Waals surface area contributed by atoms with Crippen molar-refractivity contribution in [3.63, 3.8) is 0 Å². The Kier molecular flexibility index (Phi) is 9.85. The maximum Gasteiger partial charge on any atom is 0.408 e. The molecule has 35 heavy (non-hydrogen) atoms. The van der Waals surface area contributed by atoms with Gasteiger partial charge in [0, 0.05) is 18.8 Å². The number of benzene rings is 2. The van der Waals surface area contributed by atoms with Crippen molar-refractivity contribution in [2.24, 2.45) is 5.92 Å². The number of alkyl carbamates (subject to hydrolysis) is 1. The highest BCUT2D eigenvalue weighted by atomic mass is 32.2. The van der Waals surface area contributed by atoms with Gasteiger partial charge in [-0.1, -0.05) is 44.2 Å². The van der Waals surface area contributed by atoms with Crippen LogP contribution in [0.2, 0.25) is 0 Å². The van der Waals surface area contributed by atoms with Crippen LogP contribution in [0.25, 0.3) is 0 Å². The van der Waals surface area contributed by atoms with Crippen LogP contribution >= 0.6 is 11.8 Å². The van der Waals surface area contributed by atoms with Gasteiger partial charge in [-0.15, -0.1) is 0 Å². The van der Waals surface area contributed by atoms with E-state index in [1.165, 1.54) is 23.5 Å². The van der Waals surface area contributed by atoms with Crippen LogP contribution in [0.3, 0.4) is 0 Å². The van der Waals surface area contributed by atoms with Gasteiger partial charge in [0.2, 0.25) is 10.0 Å². The molecule has 1 unspecified atom stereocenters. The Balaban J connectivity index is 1.83. The number of carbonyl (C=O) groups excluding carboxylic acids is 1. The molecule has 0 spiro atoms. The average molecular weight is 523 g/mol. The lowest BCUT2D eigenvalue weighted by molar-refractivity contribution is 0.0768. The first kappa shape index (κ1) is 27.3. The molecule has 1 amide bonds. The highest BCUT2D eigenvalue weighted by Gasteiger charge is 2.32. The molecular formula is C25H34N2O6S2. The minimum absolute atomic E-state index is 0.0168. The predicted molar refractivity (Wildman–Crippen MR) is 137 cm³/mol. The SMILES string of the molecule is COc1ccc(S(=O)(=O)N(CC(C)C)C[C@@H](O)C(NC(=O)O[C@H]2CCSC2)c2ccccc2)cc1. The van der Waals surface area contributed by atoms with E-state index in [-0.39, 0.29) is 30.0 Å². The van der Waals surface area contributed by atoms with Crippen molar-refractivity contribution in [2.45, 2.75) is 43.4 Å². The van der Waals surface area contributed by atoms with Crippen molar-refractivity contribution >= 4 is 27.9 Å². The van der Waals surface area contributed by atoms with E-state index in [4.69, 9.17) is 9.47 Å². The van der Waals surface area contributed by atoms with Gasteiger partial charge in [0.15, 0.2) is 0 Å². The third-order valence-electron chi connectivity index (χ3n) is 5.64. The second-order valence-electron chi connectivity index (χ2n) is 8.88. The Morgan fingerprint density at radius 1 is 1.14 bits per heavy atom. The molecule has 1 saturated heterocycles. The van der Waals surface area contributed by atoms with E-state index in [0.717, 1.165) is 17.9 Å². The average Bonchev–Trinajstić information content (AvgIpc) is 3.35. The number of amides is 1. The van der Waals surface area contributed by atoms with Crippen LogP contribution in [-0.2, 0) is 14.8 Å². The van der Waals surface area contributed by atoms with Crippen molar-refractivity contribution in [1.29, 1.82) is 0 Å². The first-order valence-corrected chi connectivity index (χ1v) is 14.2. The highest BCUT2D eigenvalue weighted by Crippen LogP contribution is 2.25. The van der Waals surface area contributed by atoms with Crippen molar-refractivity contribution in [3.05, 3.63) is 60.2 Å². The maximum absolute atomic E-state index is 13.5. The summed E-state index contributed by atoms with van der Waals surface area (Å²) < 4.78 is 38.9. The summed E-state index contributed by atoms with van der Waals surface area (Å²) in [5.74, 6) is 2.25. The number of hydrogen-bond acceptors (Lipinski definition) is 7. The quantitative estimate of drug-likeness (QED) is 0.464. The van der Waals surface area contributed by atoms with Crippen molar-refractivity contribution in [2.75, 3.05) is 31.7 Å². The molecule has 0 aliphatic carbocycles. The summed E-state index contributed by atoms with van der Waals surface area (Å²) in [7, 11) is -2.40. The number of sulfonamides is 1. The summed E-state index contributed by atoms with van der Waals surface area (Å²) in [4.78, 5) is 12.7. The van der Waals surface area contributed by atoms with Gasteiger partial charge in [-0.2, -0.15) is 16.1 Å². The van der Waals surface area contributed by atoms with E-state index in [0.29, 0.717) is 11.3 Å². The molecular weight excluding hydrogens is 488 g/mol. The molecule has 0 radical (unpaired) electrons. The molecule has 8 nitrogen and oxygen atoms in total. The van der Waals surface area contributed by atoms with Gasteiger partial charge in [-0.3, -0.25) is 0 Å². The number of methoxy groups -OCH3 is 1. The van der Waals surface area contributed by atoms with E-state index >= 15 is 0 Å². The number of nitrogens with zero attached hydrogens (tertiary/aromatic N) is 1. The standard InChI is InChI=1S/C25H34N2O6S2/c1-18(2)15-27(35(30,31)22-11-9-20(32-3)10-12-22)16-23(28)24(19-7-5-4-6-8-19)26-25(29)33-21-13-14-34-17-21/h4-12,18,21,23-24,28H,13-17H2,1-3H3,(H,26,29)/t21-,23+,24?/m0/s1. The highest BCUT2D eigenvalue weighted by molar-refractivity contribution is 7.99. The molecule has 0 aromatic heterocycles. The van der Waals surface area contributed by atoms with Crippen LogP contribution in [0.1, 0.15) is 31.9 Å². The molecule has 3 rings (SSSR count). The van der Waals surface area contributed by atoms with E-state index < -0.39 is 28.3 Å². The molecule has 1 aliphatic rings. The number of thioether (sulfide) groups is 1. The fraction of sp³-hybridized carbons (Fsp3) is 0.480. The number of aliphatic hydroxyl groups is 1. The Morgan fingerprint density at radius 2 is 1.83 bits per heavy atom. The lowest BCUT2D eigenvalue weighted by atomic mass is 10.0. The normalized spacial score (nSPS) is 17.8. The number of nitrogens with one attached hydrogen (secondary N) is 1. The van der Waals surface area contributed by atoms with Crippen LogP contribution in [-0.4, -0.2) is 67.8 Å². The van der Waals surface area contributed by atoms with E-state index in [1.807, 2.05) is 19.9 Å². The second-order valence-corrected chi connectivity index (χ2v) is 12.0. The van der Waals surface area contributed by atoms with Crippen LogP contribution in [0, 0.1) is 5.92 Å². The summed E-state index contributed by atoms with van der Waals surface area (Å²) in [6.07, 6.45) is -1.21. The zero-order chi connectivity index (χ0) is 25.4. The number of aliphatic hydroxyl groups excluding tert-OH is 1. The summed E-state index contributed by atoms with van der Waals surface area (Å²) in [6.45, 7) is 3.82. The van der Waals surface area contributed by atoms with Crippen molar-refractivity contribution < 1.29 is 27.8 Å². The Morgan fingerprint density at radius 3 is 2.40 bits per heavy atom. The van der Waals surface area contributed by atoms with Crippen LogP contribution in [0.4, 0.5) is 4.79 Å². The summed E-state index contributed by atoms with van der Waals surface area (Å²) >= 11 is 1.73. The third kappa shape index (κ3) is 7.60. The molecule has 192 valence electrons. The summed E-state index contributed by atoms with van der Waals surface area (Å²) in [5.41, 5.74) is 0.657. The number of hydrogen-bond donors (Lipinski definition) is 2. The topological polar surface area (TPSA) is 105 Å². The van der Waals surface area contributed by atoms with Gasteiger partial charge in [0.05, 0.1) is 24.2 Å². The molecule has 0 saturated carbocycles. The van der Waals surface area contributed by atoms with E-state index in [2.05, 4.69) is 5.32 Å². The Hall–Kier alpha value is -2.27. The maximum atomic E-state index is 13.5. The predicted octanol–water partition coefficient (Wildman–Crippen LogP) is 3.68. The van der Waals surface area contributed by atoms with Crippen LogP contribution in [0.15, 0.2) is 59.5 Å². The van der Waals surface area contributed by atoms with Crippen molar-refractivity contribution in [3.8, 4) is 5.75 Å². The first-order chi connectivity index (χ1) is 16.7. The molecule has 3 atom stereocenters. The van der Waals surface area contributed by atoms with Crippen LogP contribution in [0.5, 0.6) is 5.75 Å². The van der Waals surface area contributed by atoms with Gasteiger partial charge >= 0.3 is 6.09 Å². The number of carbonyl (C=O) groups is 1. The smallest absolute Gasteiger partial charge is 0.408 e. The zero-order valence-electron chi connectivity index (χ0n) is 20.3. The van der Waals surface area contributed by atoms with Gasteiger partial charge in [0.1, 0.15) is 11.9 Å². The van der Waals surface area contributed by atoms with E-state index in [1.54, 1.807) is 48.2 Å². The summed E-state index contributed by atoms with van der Waals surface area (Å²) in [6, 6.07) is 14.3.